The minimum absolute atomic E-state index is 0. The minimum atomic E-state index is -2.92. The summed E-state index contributed by atoms with van der Waals surface area (Å²) in [5.74, 6) is 0. The Hall–Kier alpha value is 0.894. The molecule has 0 aromatic heterocycles. The second-order valence-corrected chi connectivity index (χ2v) is 0.289. The molecule has 6 heavy (non-hydrogen) atoms. The molecule has 0 heterocycles. The van der Waals surface area contributed by atoms with Gasteiger partial charge in [-0.1, -0.05) is 0 Å². The van der Waals surface area contributed by atoms with Crippen molar-refractivity contribution in [1.82, 2.24) is 0 Å². The van der Waals surface area contributed by atoms with E-state index in [0.717, 1.165) is 0 Å². The largest absolute Gasteiger partial charge is 0.907 e. The van der Waals surface area contributed by atoms with Gasteiger partial charge >= 0.3 is 0 Å². The van der Waals surface area contributed by atoms with Crippen molar-refractivity contribution in [3.05, 3.63) is 0 Å². The molecule has 0 saturated heterocycles. The Balaban J connectivity index is -0.0000000450. The molecule has 0 aliphatic carbocycles. The maximum Gasteiger partial charge on any atom is 0 e. The van der Waals surface area contributed by atoms with Crippen molar-refractivity contribution >= 4 is 17.2 Å². The minimum Gasteiger partial charge on any atom is -0.907 e. The summed E-state index contributed by atoms with van der Waals surface area (Å²) < 4.78 is 0. The zero-order valence-corrected chi connectivity index (χ0v) is 5.17. The fourth-order valence-corrected chi connectivity index (χ4v) is 0. The summed E-state index contributed by atoms with van der Waals surface area (Å²) in [7, 11) is -2.92. The molecule has 0 amide bonds. The third-order valence-corrected chi connectivity index (χ3v) is 0. The van der Waals surface area contributed by atoms with Gasteiger partial charge in [0.05, 0.1) is 0 Å². The van der Waals surface area contributed by atoms with Gasteiger partial charge in [0.15, 0.2) is 0 Å². The van der Waals surface area contributed by atoms with E-state index in [2.05, 4.69) is 0 Å². The molecule has 0 N–H and O–H groups in total. The van der Waals surface area contributed by atoms with Crippen LogP contribution >= 0.6 is 9.90 Å². The molecule has 3 nitrogen and oxygen atoms in total. The van der Waals surface area contributed by atoms with Gasteiger partial charge in [-0.2, -0.15) is 9.90 Å². The average molecular weight is 156 g/mol. The molecule has 1 atom stereocenters. The Morgan fingerprint density at radius 1 is 1.00 bits per heavy atom. The van der Waals surface area contributed by atoms with E-state index in [1.54, 1.807) is 0 Å². The Kier molecular flexibility index (Phi) is 24.5. The van der Waals surface area contributed by atoms with Crippen LogP contribution in [0.5, 0.6) is 0 Å². The van der Waals surface area contributed by atoms with Crippen molar-refractivity contribution in [2.24, 2.45) is 0 Å². The van der Waals surface area contributed by atoms with Crippen LogP contribution in [0.25, 0.3) is 0 Å². The van der Waals surface area contributed by atoms with E-state index in [4.69, 9.17) is 15.1 Å². The van der Waals surface area contributed by atoms with E-state index < -0.39 is 7.32 Å². The molecule has 0 spiro atoms. The van der Waals surface area contributed by atoms with E-state index in [1.165, 1.54) is 0 Å². The van der Waals surface area contributed by atoms with Gasteiger partial charge in [-0.3, -0.25) is 7.32 Å². The van der Waals surface area contributed by atoms with Crippen molar-refractivity contribution in [3.8, 4) is 0 Å². The Labute approximate surface area is 50.0 Å². The number of hydrogen-bond donors (Lipinski definition) is 0. The summed E-state index contributed by atoms with van der Waals surface area (Å²) in [6.07, 6.45) is 0. The molecule has 0 bridgehead atoms. The summed E-state index contributed by atoms with van der Waals surface area (Å²) in [5, 5.41) is 25.2. The molecule has 6 heteroatoms. The first-order valence-corrected chi connectivity index (χ1v) is 0.707. The van der Waals surface area contributed by atoms with Gasteiger partial charge in [0.25, 0.3) is 0 Å². The zero-order valence-electron chi connectivity index (χ0n) is 2.81. The first-order valence-electron chi connectivity index (χ1n) is 0.707. The molecule has 0 aliphatic rings. The van der Waals surface area contributed by atoms with Crippen molar-refractivity contribution in [1.29, 1.82) is 0 Å². The maximum atomic E-state index is 8.42. The molecule has 0 aliphatic heterocycles. The van der Waals surface area contributed by atoms with Crippen LogP contribution in [-0.4, -0.2) is 7.32 Å². The van der Waals surface area contributed by atoms with Crippen LogP contribution in [-0.2, 0) is 17.1 Å². The number of rotatable bonds is 0. The first-order chi connectivity index (χ1) is 1.73. The second kappa shape index (κ2) is 9.31. The van der Waals surface area contributed by atoms with Crippen LogP contribution in [0.4, 0.5) is 0 Å². The van der Waals surface area contributed by atoms with E-state index in [-0.39, 0.29) is 27.0 Å². The van der Waals surface area contributed by atoms with Gasteiger partial charge in [0, 0.05) is 17.1 Å². The molecule has 0 fully saturated rings. The molecule has 0 saturated carbocycles. The van der Waals surface area contributed by atoms with Crippen LogP contribution in [0.3, 0.4) is 0 Å². The van der Waals surface area contributed by atoms with Gasteiger partial charge in [-0.25, -0.2) is 0 Å². The predicted octanol–water partition coefficient (Wildman–Crippen LogP) is -3.89. The second-order valence-electron chi connectivity index (χ2n) is 0.289. The van der Waals surface area contributed by atoms with Crippen LogP contribution in [0.15, 0.2) is 0 Å². The van der Waals surface area contributed by atoms with Crippen LogP contribution in [0, 0.1) is 0 Å². The van der Waals surface area contributed by atoms with Gasteiger partial charge in [-0.05, 0) is 0 Å². The zero-order chi connectivity index (χ0) is 3.58. The summed E-state index contributed by atoms with van der Waals surface area (Å²) in [4.78, 5) is 0. The van der Waals surface area contributed by atoms with E-state index in [1.807, 2.05) is 0 Å². The fraction of sp³-hybridized carbons (Fsp3) is 0. The average Bonchev–Trinajstić information content (AvgIpc) is 0.811. The Bertz CT molecular complexity index is 15.5. The molecule has 1 unspecified atom stereocenters. The molecule has 43 valence electrons. The molecule has 0 aromatic rings. The van der Waals surface area contributed by atoms with Crippen LogP contribution < -0.4 is 15.1 Å². The van der Waals surface area contributed by atoms with E-state index in [9.17, 15) is 0 Å². The molecule has 0 aromatic carbocycles. The maximum absolute atomic E-state index is 8.42. The third-order valence-electron chi connectivity index (χ3n) is 0. The van der Waals surface area contributed by atoms with Crippen molar-refractivity contribution < 1.29 is 32.1 Å². The Morgan fingerprint density at radius 3 is 1.00 bits per heavy atom. The van der Waals surface area contributed by atoms with Gasteiger partial charge in [-0.15, -0.1) is 0 Å². The molecule has 0 rings (SSSR count). The monoisotopic (exact) mass is 156 g/mol. The predicted molar refractivity (Wildman–Crippen MR) is 16.9 cm³/mol. The summed E-state index contributed by atoms with van der Waals surface area (Å²) in [6.45, 7) is 0. The van der Waals surface area contributed by atoms with Crippen molar-refractivity contribution in [2.45, 2.75) is 0 Å². The summed E-state index contributed by atoms with van der Waals surface area (Å²) in [6, 6.07) is 0. The summed E-state index contributed by atoms with van der Waals surface area (Å²) in [5.41, 5.74) is 0. The third kappa shape index (κ3) is 92.8. The summed E-state index contributed by atoms with van der Waals surface area (Å²) >= 11 is 0. The standard InChI is InChI=1S/BO3.Cu.H3P/c2-1(3)4;;/h;;1H3/q-3;;. The smallest absolute Gasteiger partial charge is 0 e. The number of hydrogen-bond acceptors (Lipinski definition) is 3. The first kappa shape index (κ1) is 15.8. The normalized spacial score (nSPS) is 4.50. The van der Waals surface area contributed by atoms with Crippen molar-refractivity contribution in [2.75, 3.05) is 0 Å². The molecular weight excluding hydrogens is 153 g/mol. The van der Waals surface area contributed by atoms with E-state index >= 15 is 0 Å². The fourth-order valence-electron chi connectivity index (χ4n) is 0. The topological polar surface area (TPSA) is 69.2 Å². The quantitative estimate of drug-likeness (QED) is 0.266. The van der Waals surface area contributed by atoms with Crippen LogP contribution in [0.1, 0.15) is 0 Å². The van der Waals surface area contributed by atoms with Gasteiger partial charge in [0.2, 0.25) is 0 Å². The van der Waals surface area contributed by atoms with Crippen LogP contribution in [0.2, 0.25) is 0 Å². The van der Waals surface area contributed by atoms with E-state index in [0.29, 0.717) is 0 Å². The molecular formula is H3BCuO3P-3. The Morgan fingerprint density at radius 2 is 1.00 bits per heavy atom. The van der Waals surface area contributed by atoms with Gasteiger partial charge < -0.3 is 15.1 Å². The van der Waals surface area contributed by atoms with Gasteiger partial charge in [0.1, 0.15) is 0 Å². The SMILES string of the molecule is P.[Cu].[O-]B([O-])[O-]. The van der Waals surface area contributed by atoms with Crippen molar-refractivity contribution in [3.63, 3.8) is 0 Å². The molecule has 1 radical (unpaired) electrons.